The van der Waals surface area contributed by atoms with E-state index in [4.69, 9.17) is 9.97 Å². The maximum absolute atomic E-state index is 5.25. The monoisotopic (exact) mass is 616 g/mol. The molecule has 0 saturated carbocycles. The van der Waals surface area contributed by atoms with E-state index in [1.165, 1.54) is 42.1 Å². The Labute approximate surface area is 277 Å². The number of fused-ring (bicyclic) bond motifs is 4. The van der Waals surface area contributed by atoms with Crippen molar-refractivity contribution < 1.29 is 0 Å². The predicted molar refractivity (Wildman–Crippen MR) is 200 cm³/mol. The average Bonchev–Trinajstić information content (AvgIpc) is 3.53. The van der Waals surface area contributed by atoms with E-state index in [0.29, 0.717) is 5.82 Å². The Balaban J connectivity index is 1.25. The van der Waals surface area contributed by atoms with E-state index in [9.17, 15) is 0 Å². The van der Waals surface area contributed by atoms with Gasteiger partial charge in [-0.1, -0.05) is 127 Å². The fourth-order valence-electron chi connectivity index (χ4n) is 6.45. The minimum absolute atomic E-state index is 0.713. The smallest absolute Gasteiger partial charge is 0.160 e. The molecule has 9 aromatic rings. The standard InChI is InChI=1S/C44H28N2S/c1-3-11-29(12-4-1)35-24-36(33-21-22-39-38-17-9-10-18-42(38)47-43(39)27-33)26-37(25-35)41-28-40(31-14-5-2-6-15-31)45-44(46-41)34-20-19-30-13-7-8-16-32(30)23-34/h1-28H. The third-order valence-electron chi connectivity index (χ3n) is 8.85. The summed E-state index contributed by atoms with van der Waals surface area (Å²) in [5.74, 6) is 0.713. The number of hydrogen-bond acceptors (Lipinski definition) is 3. The quantitative estimate of drug-likeness (QED) is 0.192. The SMILES string of the molecule is c1ccc(-c2cc(-c3ccc4c(c3)sc3ccccc34)cc(-c3cc(-c4ccccc4)nc(-c4ccc5ccccc5c4)n3)c2)cc1. The topological polar surface area (TPSA) is 25.8 Å². The molecule has 2 heterocycles. The molecule has 0 unspecified atom stereocenters. The van der Waals surface area contributed by atoms with Gasteiger partial charge in [0.25, 0.3) is 0 Å². The van der Waals surface area contributed by atoms with Gasteiger partial charge in [0.1, 0.15) is 0 Å². The lowest BCUT2D eigenvalue weighted by Gasteiger charge is -2.13. The van der Waals surface area contributed by atoms with E-state index in [-0.39, 0.29) is 0 Å². The molecule has 9 rings (SSSR count). The van der Waals surface area contributed by atoms with E-state index in [1.54, 1.807) is 0 Å². The second kappa shape index (κ2) is 11.5. The van der Waals surface area contributed by atoms with Crippen molar-refractivity contribution in [2.75, 3.05) is 0 Å². The number of benzene rings is 7. The lowest BCUT2D eigenvalue weighted by Crippen LogP contribution is -1.96. The molecular formula is C44H28N2S. The van der Waals surface area contributed by atoms with Gasteiger partial charge in [0.15, 0.2) is 5.82 Å². The molecule has 0 amide bonds. The second-order valence-corrected chi connectivity index (χ2v) is 12.9. The first kappa shape index (κ1) is 27.4. The van der Waals surface area contributed by atoms with Crippen LogP contribution in [0.2, 0.25) is 0 Å². The van der Waals surface area contributed by atoms with Gasteiger partial charge in [0, 0.05) is 36.9 Å². The fraction of sp³-hybridized carbons (Fsp3) is 0. The Morgan fingerprint density at radius 2 is 0.915 bits per heavy atom. The first-order valence-corrected chi connectivity index (χ1v) is 16.6. The summed E-state index contributed by atoms with van der Waals surface area (Å²) in [4.78, 5) is 10.4. The highest BCUT2D eigenvalue weighted by Crippen LogP contribution is 2.39. The van der Waals surface area contributed by atoms with Crippen LogP contribution in [-0.2, 0) is 0 Å². The van der Waals surface area contributed by atoms with Gasteiger partial charge < -0.3 is 0 Å². The van der Waals surface area contributed by atoms with Crippen LogP contribution in [-0.4, -0.2) is 9.97 Å². The molecule has 0 aliphatic heterocycles. The predicted octanol–water partition coefficient (Wildman–Crippen LogP) is 12.3. The molecule has 0 spiro atoms. The third-order valence-corrected chi connectivity index (χ3v) is 9.98. The molecule has 0 aliphatic carbocycles. The summed E-state index contributed by atoms with van der Waals surface area (Å²) >= 11 is 1.85. The molecular weight excluding hydrogens is 589 g/mol. The van der Waals surface area contributed by atoms with Gasteiger partial charge in [-0.3, -0.25) is 0 Å². The van der Waals surface area contributed by atoms with Gasteiger partial charge in [-0.2, -0.15) is 0 Å². The lowest BCUT2D eigenvalue weighted by molar-refractivity contribution is 1.18. The lowest BCUT2D eigenvalue weighted by atomic mass is 9.94. The normalized spacial score (nSPS) is 11.4. The van der Waals surface area contributed by atoms with Crippen molar-refractivity contribution in [3.8, 4) is 56.2 Å². The number of rotatable bonds is 5. The number of thiophene rings is 1. The minimum atomic E-state index is 0.713. The van der Waals surface area contributed by atoms with Crippen LogP contribution in [0.3, 0.4) is 0 Å². The van der Waals surface area contributed by atoms with Crippen molar-refractivity contribution in [3.05, 3.63) is 170 Å². The zero-order valence-electron chi connectivity index (χ0n) is 25.5. The number of aromatic nitrogens is 2. The number of nitrogens with zero attached hydrogens (tertiary/aromatic N) is 2. The van der Waals surface area contributed by atoms with Crippen molar-refractivity contribution in [3.63, 3.8) is 0 Å². The largest absolute Gasteiger partial charge is 0.228 e. The van der Waals surface area contributed by atoms with Crippen molar-refractivity contribution in [1.82, 2.24) is 9.97 Å². The highest BCUT2D eigenvalue weighted by Gasteiger charge is 2.15. The van der Waals surface area contributed by atoms with Crippen LogP contribution >= 0.6 is 11.3 Å². The maximum atomic E-state index is 5.25. The first-order valence-electron chi connectivity index (χ1n) is 15.8. The molecule has 0 bridgehead atoms. The van der Waals surface area contributed by atoms with E-state index >= 15 is 0 Å². The molecule has 220 valence electrons. The van der Waals surface area contributed by atoms with Crippen LogP contribution in [0.25, 0.3) is 87.1 Å². The van der Waals surface area contributed by atoms with Crippen molar-refractivity contribution in [2.24, 2.45) is 0 Å². The Kier molecular flexibility index (Phi) is 6.69. The van der Waals surface area contributed by atoms with E-state index in [1.807, 2.05) is 17.4 Å². The third kappa shape index (κ3) is 5.17. The highest BCUT2D eigenvalue weighted by atomic mass is 32.1. The van der Waals surface area contributed by atoms with E-state index in [0.717, 1.165) is 39.2 Å². The molecule has 0 radical (unpaired) electrons. The molecule has 0 aliphatic rings. The molecule has 47 heavy (non-hydrogen) atoms. The molecule has 0 atom stereocenters. The minimum Gasteiger partial charge on any atom is -0.228 e. The summed E-state index contributed by atoms with van der Waals surface area (Å²) in [7, 11) is 0. The molecule has 3 heteroatoms. The van der Waals surface area contributed by atoms with Crippen molar-refractivity contribution in [2.45, 2.75) is 0 Å². The number of hydrogen-bond donors (Lipinski definition) is 0. The van der Waals surface area contributed by atoms with Gasteiger partial charge in [-0.05, 0) is 75.5 Å². The van der Waals surface area contributed by atoms with Crippen LogP contribution in [0.4, 0.5) is 0 Å². The molecule has 2 aromatic heterocycles. The van der Waals surface area contributed by atoms with Gasteiger partial charge >= 0.3 is 0 Å². The summed E-state index contributed by atoms with van der Waals surface area (Å²) < 4.78 is 2.61. The summed E-state index contributed by atoms with van der Waals surface area (Å²) in [5, 5.41) is 4.99. The second-order valence-electron chi connectivity index (χ2n) is 11.9. The van der Waals surface area contributed by atoms with Crippen LogP contribution in [0.5, 0.6) is 0 Å². The first-order chi connectivity index (χ1) is 23.2. The van der Waals surface area contributed by atoms with Gasteiger partial charge in [0.05, 0.1) is 11.4 Å². The molecule has 7 aromatic carbocycles. The van der Waals surface area contributed by atoms with E-state index < -0.39 is 0 Å². The van der Waals surface area contributed by atoms with E-state index in [2.05, 4.69) is 164 Å². The fourth-order valence-corrected chi connectivity index (χ4v) is 7.60. The Morgan fingerprint density at radius 3 is 1.72 bits per heavy atom. The summed E-state index contributed by atoms with van der Waals surface area (Å²) in [6.45, 7) is 0. The Bertz CT molecular complexity index is 2570. The van der Waals surface area contributed by atoms with Crippen LogP contribution < -0.4 is 0 Å². The molecule has 0 N–H and O–H groups in total. The van der Waals surface area contributed by atoms with Gasteiger partial charge in [0.2, 0.25) is 0 Å². The van der Waals surface area contributed by atoms with Crippen LogP contribution in [0.15, 0.2) is 170 Å². The maximum Gasteiger partial charge on any atom is 0.160 e. The molecule has 2 nitrogen and oxygen atoms in total. The van der Waals surface area contributed by atoms with Crippen LogP contribution in [0.1, 0.15) is 0 Å². The zero-order chi connectivity index (χ0) is 31.2. The average molecular weight is 617 g/mol. The van der Waals surface area contributed by atoms with Crippen LogP contribution in [0, 0.1) is 0 Å². The Morgan fingerprint density at radius 1 is 0.319 bits per heavy atom. The van der Waals surface area contributed by atoms with Gasteiger partial charge in [-0.25, -0.2) is 9.97 Å². The van der Waals surface area contributed by atoms with Crippen molar-refractivity contribution >= 4 is 42.3 Å². The summed E-state index contributed by atoms with van der Waals surface area (Å²) in [6, 6.07) is 60.4. The summed E-state index contributed by atoms with van der Waals surface area (Å²) in [6.07, 6.45) is 0. The molecule has 0 fully saturated rings. The highest BCUT2D eigenvalue weighted by molar-refractivity contribution is 7.25. The van der Waals surface area contributed by atoms with Crippen molar-refractivity contribution in [1.29, 1.82) is 0 Å². The van der Waals surface area contributed by atoms with Gasteiger partial charge in [-0.15, -0.1) is 11.3 Å². The zero-order valence-corrected chi connectivity index (χ0v) is 26.3. The molecule has 0 saturated heterocycles. The Hall–Kier alpha value is -5.90. The summed E-state index contributed by atoms with van der Waals surface area (Å²) in [5.41, 5.74) is 9.58.